The standard InChI is InChI=1S/C21H33NO7/c1-14-8-6-10-19(23)22-16(3)21(25)29-13-18(27-5)15(2)9-7-11-20(24)28-12-17(14)26-4/h6-9,14-18H,10-13H2,1-5H3,(H,22,23)/t14-,15-,16+,17-,18-/m0/s1. The van der Waals surface area contributed by atoms with E-state index in [1.54, 1.807) is 26.2 Å². The minimum absolute atomic E-state index is 0.0401. The predicted octanol–water partition coefficient (Wildman–Crippen LogP) is 1.79. The number of esters is 2. The zero-order valence-electron chi connectivity index (χ0n) is 17.9. The number of carbonyl (C=O) groups is 3. The number of ether oxygens (including phenoxy) is 4. The van der Waals surface area contributed by atoms with E-state index in [9.17, 15) is 14.4 Å². The summed E-state index contributed by atoms with van der Waals surface area (Å²) >= 11 is 0. The summed E-state index contributed by atoms with van der Waals surface area (Å²) in [7, 11) is 3.07. The minimum atomic E-state index is -0.767. The second-order valence-corrected chi connectivity index (χ2v) is 7.13. The van der Waals surface area contributed by atoms with Crippen LogP contribution in [0.15, 0.2) is 24.3 Å². The highest BCUT2D eigenvalue weighted by atomic mass is 16.6. The first-order valence-electron chi connectivity index (χ1n) is 9.79. The Morgan fingerprint density at radius 3 is 1.93 bits per heavy atom. The van der Waals surface area contributed by atoms with Crippen LogP contribution in [0.2, 0.25) is 0 Å². The maximum absolute atomic E-state index is 12.1. The summed E-state index contributed by atoms with van der Waals surface area (Å²) in [6.07, 6.45) is 6.59. The Labute approximate surface area is 172 Å². The van der Waals surface area contributed by atoms with Gasteiger partial charge in [-0.2, -0.15) is 0 Å². The third-order valence-electron chi connectivity index (χ3n) is 4.77. The molecular formula is C21H33NO7. The van der Waals surface area contributed by atoms with Crippen molar-refractivity contribution in [3.8, 4) is 0 Å². The second kappa shape index (κ2) is 13.1. The van der Waals surface area contributed by atoms with Gasteiger partial charge in [0, 0.05) is 32.5 Å². The summed E-state index contributed by atoms with van der Waals surface area (Å²) in [6.45, 7) is 5.54. The molecule has 0 saturated carbocycles. The van der Waals surface area contributed by atoms with Gasteiger partial charge in [0.25, 0.3) is 0 Å². The van der Waals surface area contributed by atoms with Gasteiger partial charge in [0.1, 0.15) is 19.3 Å². The van der Waals surface area contributed by atoms with Crippen LogP contribution in [0.5, 0.6) is 0 Å². The fraction of sp³-hybridized carbons (Fsp3) is 0.667. The van der Waals surface area contributed by atoms with Gasteiger partial charge in [-0.3, -0.25) is 9.59 Å². The van der Waals surface area contributed by atoms with Crippen LogP contribution >= 0.6 is 0 Å². The molecule has 164 valence electrons. The first kappa shape index (κ1) is 24.8. The van der Waals surface area contributed by atoms with E-state index in [1.165, 1.54) is 7.11 Å². The van der Waals surface area contributed by atoms with E-state index in [4.69, 9.17) is 18.9 Å². The molecule has 0 fully saturated rings. The molecule has 0 aromatic heterocycles. The van der Waals surface area contributed by atoms with E-state index >= 15 is 0 Å². The second-order valence-electron chi connectivity index (χ2n) is 7.13. The molecular weight excluding hydrogens is 378 g/mol. The fourth-order valence-corrected chi connectivity index (χ4v) is 2.77. The molecule has 5 atom stereocenters. The number of rotatable bonds is 2. The lowest BCUT2D eigenvalue weighted by Crippen LogP contribution is -2.40. The van der Waals surface area contributed by atoms with E-state index < -0.39 is 12.0 Å². The summed E-state index contributed by atoms with van der Waals surface area (Å²) in [5.74, 6) is -1.35. The number of carbonyl (C=O) groups excluding carboxylic acids is 3. The van der Waals surface area contributed by atoms with E-state index in [1.807, 2.05) is 26.0 Å². The van der Waals surface area contributed by atoms with Crippen LogP contribution in [0.1, 0.15) is 33.6 Å². The van der Waals surface area contributed by atoms with E-state index in [2.05, 4.69) is 5.32 Å². The maximum atomic E-state index is 12.1. The van der Waals surface area contributed by atoms with Crippen LogP contribution in [-0.4, -0.2) is 63.5 Å². The molecule has 1 aliphatic heterocycles. The SMILES string of the molecule is CO[C@H]1COC(=O)CC=C[C@H](C)[C@@H](OC)COC(=O)[C@@H](C)NC(=O)CC=C[C@@H]1C. The number of nitrogens with one attached hydrogen (secondary N) is 1. The summed E-state index contributed by atoms with van der Waals surface area (Å²) in [6, 6.07) is -0.767. The number of amides is 1. The van der Waals surface area contributed by atoms with Crippen molar-refractivity contribution in [3.63, 3.8) is 0 Å². The molecule has 1 N–H and O–H groups in total. The average molecular weight is 411 g/mol. The Bertz CT molecular complexity index is 602. The van der Waals surface area contributed by atoms with Gasteiger partial charge in [0.2, 0.25) is 5.91 Å². The lowest BCUT2D eigenvalue weighted by atomic mass is 10.0. The van der Waals surface area contributed by atoms with Crippen molar-refractivity contribution in [3.05, 3.63) is 24.3 Å². The minimum Gasteiger partial charge on any atom is -0.463 e. The van der Waals surface area contributed by atoms with Crippen LogP contribution in [0.25, 0.3) is 0 Å². The third kappa shape index (κ3) is 9.23. The number of cyclic esters (lactones) is 2. The van der Waals surface area contributed by atoms with Crippen molar-refractivity contribution in [1.82, 2.24) is 5.32 Å². The molecule has 0 spiro atoms. The number of methoxy groups -OCH3 is 2. The molecule has 0 radical (unpaired) electrons. The summed E-state index contributed by atoms with van der Waals surface area (Å²) < 4.78 is 21.3. The molecule has 29 heavy (non-hydrogen) atoms. The molecule has 0 aliphatic carbocycles. The van der Waals surface area contributed by atoms with Crippen molar-refractivity contribution in [1.29, 1.82) is 0 Å². The quantitative estimate of drug-likeness (QED) is 0.546. The molecule has 1 aliphatic rings. The van der Waals surface area contributed by atoms with Crippen LogP contribution in [0.4, 0.5) is 0 Å². The van der Waals surface area contributed by atoms with Crippen molar-refractivity contribution in [2.75, 3.05) is 27.4 Å². The summed E-state index contributed by atoms with van der Waals surface area (Å²) in [5, 5.41) is 2.61. The highest BCUT2D eigenvalue weighted by Gasteiger charge is 2.22. The van der Waals surface area contributed by atoms with Crippen molar-refractivity contribution >= 4 is 17.8 Å². The molecule has 0 aromatic rings. The van der Waals surface area contributed by atoms with Crippen molar-refractivity contribution in [2.24, 2.45) is 11.8 Å². The summed E-state index contributed by atoms with van der Waals surface area (Å²) in [4.78, 5) is 36.2. The Morgan fingerprint density at radius 1 is 0.862 bits per heavy atom. The average Bonchev–Trinajstić information content (AvgIpc) is 2.67. The van der Waals surface area contributed by atoms with Gasteiger partial charge < -0.3 is 24.3 Å². The molecule has 0 aromatic carbocycles. The largest absolute Gasteiger partial charge is 0.463 e. The van der Waals surface area contributed by atoms with Gasteiger partial charge in [-0.05, 0) is 6.92 Å². The fourth-order valence-electron chi connectivity index (χ4n) is 2.77. The molecule has 0 unspecified atom stereocenters. The van der Waals surface area contributed by atoms with Gasteiger partial charge in [0.05, 0.1) is 18.6 Å². The molecule has 8 nitrogen and oxygen atoms in total. The van der Waals surface area contributed by atoms with Gasteiger partial charge in [0.15, 0.2) is 0 Å². The summed E-state index contributed by atoms with van der Waals surface area (Å²) in [5.41, 5.74) is 0. The lowest BCUT2D eigenvalue weighted by molar-refractivity contribution is -0.151. The molecule has 1 rings (SSSR count). The van der Waals surface area contributed by atoms with Crippen LogP contribution < -0.4 is 5.32 Å². The molecule has 1 amide bonds. The van der Waals surface area contributed by atoms with Crippen LogP contribution in [0, 0.1) is 11.8 Å². The first-order chi connectivity index (χ1) is 13.8. The molecule has 1 heterocycles. The lowest BCUT2D eigenvalue weighted by Gasteiger charge is -2.21. The monoisotopic (exact) mass is 411 g/mol. The Balaban J connectivity index is 2.90. The predicted molar refractivity (Wildman–Crippen MR) is 107 cm³/mol. The zero-order valence-corrected chi connectivity index (χ0v) is 17.9. The molecule has 8 heteroatoms. The molecule has 0 bridgehead atoms. The Kier molecular flexibility index (Phi) is 11.2. The normalized spacial score (nSPS) is 31.1. The first-order valence-corrected chi connectivity index (χ1v) is 9.79. The third-order valence-corrected chi connectivity index (χ3v) is 4.77. The zero-order chi connectivity index (χ0) is 21.8. The van der Waals surface area contributed by atoms with Crippen LogP contribution in [-0.2, 0) is 33.3 Å². The van der Waals surface area contributed by atoms with Crippen molar-refractivity contribution in [2.45, 2.75) is 51.9 Å². The molecule has 0 saturated heterocycles. The van der Waals surface area contributed by atoms with E-state index in [-0.39, 0.29) is 62.0 Å². The highest BCUT2D eigenvalue weighted by Crippen LogP contribution is 2.12. The Hall–Kier alpha value is -2.19. The number of hydrogen-bond acceptors (Lipinski definition) is 7. The van der Waals surface area contributed by atoms with Gasteiger partial charge in [-0.25, -0.2) is 4.79 Å². The van der Waals surface area contributed by atoms with Gasteiger partial charge in [-0.1, -0.05) is 38.2 Å². The van der Waals surface area contributed by atoms with Crippen LogP contribution in [0.3, 0.4) is 0 Å². The van der Waals surface area contributed by atoms with E-state index in [0.717, 1.165) is 0 Å². The van der Waals surface area contributed by atoms with Crippen molar-refractivity contribution < 1.29 is 33.3 Å². The highest BCUT2D eigenvalue weighted by molar-refractivity contribution is 5.84. The van der Waals surface area contributed by atoms with Gasteiger partial charge in [-0.15, -0.1) is 0 Å². The topological polar surface area (TPSA) is 100 Å². The van der Waals surface area contributed by atoms with E-state index in [0.29, 0.717) is 0 Å². The van der Waals surface area contributed by atoms with Gasteiger partial charge >= 0.3 is 11.9 Å². The smallest absolute Gasteiger partial charge is 0.328 e. The maximum Gasteiger partial charge on any atom is 0.328 e. The number of hydrogen-bond donors (Lipinski definition) is 1. The Morgan fingerprint density at radius 2 is 1.38 bits per heavy atom.